The minimum Gasteiger partial charge on any atom is -0.489 e. The van der Waals surface area contributed by atoms with E-state index in [0.717, 1.165) is 11.5 Å². The normalized spacial score (nSPS) is 22.4. The molecule has 0 radical (unpaired) electrons. The minimum atomic E-state index is -0.589. The minimum absolute atomic E-state index is 0.104. The third-order valence-corrected chi connectivity index (χ3v) is 6.83. The number of ether oxygens (including phenoxy) is 1. The first-order valence-electron chi connectivity index (χ1n) is 10.5. The van der Waals surface area contributed by atoms with Crippen molar-refractivity contribution in [2.45, 2.75) is 56.6 Å². The second kappa shape index (κ2) is 8.60. The second-order valence-electron chi connectivity index (χ2n) is 8.32. The molecule has 1 aliphatic rings. The van der Waals surface area contributed by atoms with Gasteiger partial charge in [-0.3, -0.25) is 4.79 Å². The first-order valence-corrected chi connectivity index (χ1v) is 10.9. The van der Waals surface area contributed by atoms with Crippen LogP contribution in [-0.4, -0.2) is 17.1 Å². The van der Waals surface area contributed by atoms with Crippen LogP contribution in [0, 0.1) is 11.6 Å². The number of halogens is 3. The van der Waals surface area contributed by atoms with Gasteiger partial charge >= 0.3 is 0 Å². The van der Waals surface area contributed by atoms with Gasteiger partial charge < -0.3 is 15.5 Å². The Morgan fingerprint density at radius 2 is 1.87 bits per heavy atom. The number of nitrogens with two attached hydrogens (primary N) is 1. The molecule has 7 heteroatoms. The molecule has 1 heterocycles. The van der Waals surface area contributed by atoms with Crippen molar-refractivity contribution < 1.29 is 13.5 Å². The first-order chi connectivity index (χ1) is 14.8. The highest BCUT2D eigenvalue weighted by molar-refractivity contribution is 6.32. The summed E-state index contributed by atoms with van der Waals surface area (Å²) in [5.41, 5.74) is 6.38. The molecule has 0 saturated heterocycles. The average Bonchev–Trinajstić information content (AvgIpc) is 2.74. The maximum absolute atomic E-state index is 13.9. The topological polar surface area (TPSA) is 68.1 Å². The predicted octanol–water partition coefficient (Wildman–Crippen LogP) is 5.46. The molecule has 1 saturated carbocycles. The molecular formula is C24H25ClF2N2O2. The summed E-state index contributed by atoms with van der Waals surface area (Å²) in [6.07, 6.45) is 4.84. The fourth-order valence-corrected chi connectivity index (χ4v) is 5.00. The third-order valence-electron chi connectivity index (χ3n) is 6.53. The number of H-pyrrole nitrogens is 1. The van der Waals surface area contributed by atoms with Crippen molar-refractivity contribution in [1.82, 2.24) is 4.98 Å². The molecule has 4 rings (SSSR count). The van der Waals surface area contributed by atoms with E-state index in [4.69, 9.17) is 22.1 Å². The standard InChI is InChI=1S/C24H25ClF2N2O2/c1-2-22(28)24(15-10-16(26)12-17(27)11-15)6-3-18(4-7-24)31-21-9-14-5-8-29-23(30)19(14)13-20(21)25/h5,8-13,18,22H,2-4,6-7,28H2,1H3,(H,29,30)/t18-,22-,24-/m1/s1. The largest absolute Gasteiger partial charge is 0.489 e. The Bertz CT molecular complexity index is 1140. The van der Waals surface area contributed by atoms with Gasteiger partial charge in [0.15, 0.2) is 0 Å². The molecule has 0 unspecified atom stereocenters. The number of hydrogen-bond acceptors (Lipinski definition) is 3. The lowest BCUT2D eigenvalue weighted by Crippen LogP contribution is -2.49. The zero-order valence-corrected chi connectivity index (χ0v) is 18.0. The molecule has 2 aromatic carbocycles. The Morgan fingerprint density at radius 3 is 2.52 bits per heavy atom. The predicted molar refractivity (Wildman–Crippen MR) is 119 cm³/mol. The summed E-state index contributed by atoms with van der Waals surface area (Å²) in [7, 11) is 0. The lowest BCUT2D eigenvalue weighted by atomic mass is 9.64. The fourth-order valence-electron chi connectivity index (χ4n) is 4.79. The number of fused-ring (bicyclic) bond motifs is 1. The smallest absolute Gasteiger partial charge is 0.255 e. The highest BCUT2D eigenvalue weighted by Gasteiger charge is 2.42. The lowest BCUT2D eigenvalue weighted by Gasteiger charge is -2.44. The van der Waals surface area contributed by atoms with Crippen LogP contribution >= 0.6 is 11.6 Å². The number of rotatable bonds is 5. The fraction of sp³-hybridized carbons (Fsp3) is 0.375. The Hall–Kier alpha value is -2.44. The van der Waals surface area contributed by atoms with E-state index in [1.54, 1.807) is 24.4 Å². The van der Waals surface area contributed by atoms with E-state index < -0.39 is 17.0 Å². The Labute approximate surface area is 184 Å². The van der Waals surface area contributed by atoms with Gasteiger partial charge in [-0.15, -0.1) is 0 Å². The zero-order chi connectivity index (χ0) is 22.2. The Kier molecular flexibility index (Phi) is 6.04. The molecule has 0 amide bonds. The van der Waals surface area contributed by atoms with E-state index in [1.807, 2.05) is 6.92 Å². The van der Waals surface area contributed by atoms with E-state index in [0.29, 0.717) is 53.8 Å². The molecule has 3 N–H and O–H groups in total. The highest BCUT2D eigenvalue weighted by atomic mass is 35.5. The lowest BCUT2D eigenvalue weighted by molar-refractivity contribution is 0.103. The summed E-state index contributed by atoms with van der Waals surface area (Å²) in [6, 6.07) is 8.65. The summed E-state index contributed by atoms with van der Waals surface area (Å²) in [5.74, 6) is -0.656. The van der Waals surface area contributed by atoms with Crippen molar-refractivity contribution in [3.8, 4) is 5.75 Å². The molecule has 0 spiro atoms. The van der Waals surface area contributed by atoms with Gasteiger partial charge in [0.05, 0.1) is 11.1 Å². The van der Waals surface area contributed by atoms with Crippen molar-refractivity contribution >= 4 is 22.4 Å². The Balaban J connectivity index is 1.57. The number of aromatic amines is 1. The van der Waals surface area contributed by atoms with Crippen molar-refractivity contribution in [3.05, 3.63) is 75.2 Å². The first kappa shape index (κ1) is 21.8. The molecule has 0 bridgehead atoms. The summed E-state index contributed by atoms with van der Waals surface area (Å²) in [5, 5.41) is 1.62. The van der Waals surface area contributed by atoms with Crippen LogP contribution in [0.5, 0.6) is 5.75 Å². The third kappa shape index (κ3) is 4.19. The molecule has 164 valence electrons. The highest BCUT2D eigenvalue weighted by Crippen LogP contribution is 2.44. The van der Waals surface area contributed by atoms with Crippen LogP contribution < -0.4 is 16.0 Å². The molecule has 1 aromatic heterocycles. The van der Waals surface area contributed by atoms with Gasteiger partial charge in [-0.1, -0.05) is 18.5 Å². The van der Waals surface area contributed by atoms with E-state index >= 15 is 0 Å². The van der Waals surface area contributed by atoms with Gasteiger partial charge in [-0.2, -0.15) is 0 Å². The molecule has 4 nitrogen and oxygen atoms in total. The van der Waals surface area contributed by atoms with E-state index in [1.165, 1.54) is 12.1 Å². The summed E-state index contributed by atoms with van der Waals surface area (Å²) in [6.45, 7) is 1.99. The van der Waals surface area contributed by atoms with E-state index in [9.17, 15) is 13.6 Å². The van der Waals surface area contributed by atoms with Gasteiger partial charge in [0.1, 0.15) is 17.4 Å². The number of pyridine rings is 1. The van der Waals surface area contributed by atoms with Crippen LogP contribution in [0.15, 0.2) is 47.4 Å². The van der Waals surface area contributed by atoms with Gasteiger partial charge in [0.2, 0.25) is 0 Å². The summed E-state index contributed by atoms with van der Waals surface area (Å²) < 4.78 is 34.1. The quantitative estimate of drug-likeness (QED) is 0.547. The SMILES string of the molecule is CC[C@@H](N)[C@]1(c2cc(F)cc(F)c2)CC[C@@H](Oc2cc3cc[nH]c(=O)c3cc2Cl)CC1. The number of nitrogens with one attached hydrogen (secondary N) is 1. The average molecular weight is 447 g/mol. The van der Waals surface area contributed by atoms with Crippen LogP contribution in [0.1, 0.15) is 44.6 Å². The number of benzene rings is 2. The Morgan fingerprint density at radius 1 is 1.19 bits per heavy atom. The van der Waals surface area contributed by atoms with Crippen molar-refractivity contribution in [2.24, 2.45) is 5.73 Å². The molecule has 1 fully saturated rings. The molecule has 0 aliphatic heterocycles. The van der Waals surface area contributed by atoms with Crippen molar-refractivity contribution in [2.75, 3.05) is 0 Å². The maximum atomic E-state index is 13.9. The molecule has 1 aliphatic carbocycles. The van der Waals surface area contributed by atoms with Crippen molar-refractivity contribution in [3.63, 3.8) is 0 Å². The van der Waals surface area contributed by atoms with Crippen LogP contribution in [0.25, 0.3) is 10.8 Å². The molecule has 3 aromatic rings. The number of aromatic nitrogens is 1. The van der Waals surface area contributed by atoms with Crippen LogP contribution in [0.2, 0.25) is 5.02 Å². The molecule has 31 heavy (non-hydrogen) atoms. The number of hydrogen-bond donors (Lipinski definition) is 2. The molecule has 1 atom stereocenters. The monoisotopic (exact) mass is 446 g/mol. The summed E-state index contributed by atoms with van der Waals surface area (Å²) >= 11 is 6.37. The summed E-state index contributed by atoms with van der Waals surface area (Å²) in [4.78, 5) is 14.6. The zero-order valence-electron chi connectivity index (χ0n) is 17.3. The van der Waals surface area contributed by atoms with E-state index in [2.05, 4.69) is 4.98 Å². The van der Waals surface area contributed by atoms with Crippen LogP contribution in [0.3, 0.4) is 0 Å². The van der Waals surface area contributed by atoms with Gasteiger partial charge in [-0.05, 0) is 73.4 Å². The van der Waals surface area contributed by atoms with Gasteiger partial charge in [-0.25, -0.2) is 8.78 Å². The maximum Gasteiger partial charge on any atom is 0.255 e. The molecular weight excluding hydrogens is 422 g/mol. The van der Waals surface area contributed by atoms with Crippen molar-refractivity contribution in [1.29, 1.82) is 0 Å². The van der Waals surface area contributed by atoms with Gasteiger partial charge in [0.25, 0.3) is 5.56 Å². The van der Waals surface area contributed by atoms with Crippen LogP contribution in [0.4, 0.5) is 8.78 Å². The second-order valence-corrected chi connectivity index (χ2v) is 8.73. The van der Waals surface area contributed by atoms with Crippen LogP contribution in [-0.2, 0) is 5.41 Å². The van der Waals surface area contributed by atoms with Gasteiger partial charge in [0, 0.05) is 29.1 Å². The van der Waals surface area contributed by atoms with E-state index in [-0.39, 0.29) is 17.7 Å².